The van der Waals surface area contributed by atoms with E-state index in [2.05, 4.69) is 5.32 Å². The van der Waals surface area contributed by atoms with E-state index in [9.17, 15) is 4.79 Å². The summed E-state index contributed by atoms with van der Waals surface area (Å²) in [5.74, 6) is 1.04. The third kappa shape index (κ3) is 3.82. The number of nitrogens with two attached hydrogens (primary N) is 1. The van der Waals surface area contributed by atoms with Gasteiger partial charge in [0.1, 0.15) is 0 Å². The summed E-state index contributed by atoms with van der Waals surface area (Å²) < 4.78 is 5.49. The number of carbonyl (C=O) groups is 1. The molecule has 5 atom stereocenters. The molecule has 0 heterocycles. The van der Waals surface area contributed by atoms with Crippen LogP contribution >= 0.6 is 24.0 Å². The second-order valence-corrected chi connectivity index (χ2v) is 6.90. The molecule has 0 saturated heterocycles. The summed E-state index contributed by atoms with van der Waals surface area (Å²) >= 11 is 6.01. The highest BCUT2D eigenvalue weighted by atomic mass is 35.5. The van der Waals surface area contributed by atoms with Crippen LogP contribution in [0.5, 0.6) is 0 Å². The van der Waals surface area contributed by atoms with Crippen molar-refractivity contribution in [2.24, 2.45) is 23.5 Å². The normalized spacial score (nSPS) is 29.9. The lowest BCUT2D eigenvalue weighted by Crippen LogP contribution is -2.46. The average Bonchev–Trinajstić information content (AvgIpc) is 3.08. The van der Waals surface area contributed by atoms with Crippen LogP contribution in [-0.4, -0.2) is 25.6 Å². The molecule has 0 spiro atoms. The van der Waals surface area contributed by atoms with Gasteiger partial charge in [-0.05, 0) is 48.8 Å². The molecule has 3 rings (SSSR count). The molecule has 0 radical (unpaired) electrons. The van der Waals surface area contributed by atoms with E-state index in [0.717, 1.165) is 18.4 Å². The number of ether oxygens (including phenoxy) is 1. The van der Waals surface area contributed by atoms with E-state index in [4.69, 9.17) is 22.1 Å². The first-order chi connectivity index (χ1) is 10.6. The molecule has 1 aromatic rings. The predicted octanol–water partition coefficient (Wildman–Crippen LogP) is 2.94. The molecule has 1 aromatic carbocycles. The standard InChI is InChI=1S/C17H23ClN2O2.ClH/c1-22-14(10-3-2-4-13(18)8-10)9-20-17(21)15-11-5-6-12(7-11)16(15)19;/h2-4,8,11-12,14-16H,5-7,9,19H2,1H3,(H,20,21);1H. The van der Waals surface area contributed by atoms with Crippen molar-refractivity contribution >= 4 is 29.9 Å². The molecule has 5 unspecified atom stereocenters. The van der Waals surface area contributed by atoms with Gasteiger partial charge in [0.15, 0.2) is 0 Å². The van der Waals surface area contributed by atoms with Crippen LogP contribution in [0.1, 0.15) is 30.9 Å². The summed E-state index contributed by atoms with van der Waals surface area (Å²) in [4.78, 5) is 12.5. The van der Waals surface area contributed by atoms with E-state index < -0.39 is 0 Å². The molecule has 23 heavy (non-hydrogen) atoms. The van der Waals surface area contributed by atoms with Crippen LogP contribution < -0.4 is 11.1 Å². The van der Waals surface area contributed by atoms with Gasteiger partial charge in [-0.3, -0.25) is 4.79 Å². The molecule has 2 aliphatic rings. The third-order valence-corrected chi connectivity index (χ3v) is 5.49. The lowest BCUT2D eigenvalue weighted by atomic mass is 9.84. The van der Waals surface area contributed by atoms with Crippen molar-refractivity contribution in [3.8, 4) is 0 Å². The molecule has 1 amide bonds. The Morgan fingerprint density at radius 1 is 1.43 bits per heavy atom. The van der Waals surface area contributed by atoms with Crippen molar-refractivity contribution in [2.45, 2.75) is 31.4 Å². The second kappa shape index (κ2) is 7.84. The van der Waals surface area contributed by atoms with Crippen LogP contribution in [0.15, 0.2) is 24.3 Å². The largest absolute Gasteiger partial charge is 0.375 e. The Bertz CT molecular complexity index is 553. The fourth-order valence-corrected chi connectivity index (χ4v) is 4.28. The smallest absolute Gasteiger partial charge is 0.225 e. The highest BCUT2D eigenvalue weighted by Crippen LogP contribution is 2.47. The van der Waals surface area contributed by atoms with Gasteiger partial charge < -0.3 is 15.8 Å². The number of carbonyl (C=O) groups excluding carboxylic acids is 1. The van der Waals surface area contributed by atoms with Gasteiger partial charge in [0, 0.05) is 24.7 Å². The zero-order valence-electron chi connectivity index (χ0n) is 13.2. The van der Waals surface area contributed by atoms with Gasteiger partial charge in [-0.2, -0.15) is 0 Å². The molecular weight excluding hydrogens is 335 g/mol. The molecule has 3 N–H and O–H groups in total. The molecule has 0 aromatic heterocycles. The van der Waals surface area contributed by atoms with Gasteiger partial charge in [-0.15, -0.1) is 12.4 Å². The molecule has 4 nitrogen and oxygen atoms in total. The Morgan fingerprint density at radius 3 is 2.78 bits per heavy atom. The fourth-order valence-electron chi connectivity index (χ4n) is 4.08. The number of nitrogens with one attached hydrogen (secondary N) is 1. The molecule has 128 valence electrons. The van der Waals surface area contributed by atoms with E-state index >= 15 is 0 Å². The number of benzene rings is 1. The van der Waals surface area contributed by atoms with Crippen molar-refractivity contribution in [3.05, 3.63) is 34.9 Å². The zero-order valence-corrected chi connectivity index (χ0v) is 14.8. The molecule has 2 saturated carbocycles. The minimum atomic E-state index is -0.197. The summed E-state index contributed by atoms with van der Waals surface area (Å²) in [7, 11) is 1.64. The number of hydrogen-bond donors (Lipinski definition) is 2. The second-order valence-electron chi connectivity index (χ2n) is 6.46. The van der Waals surface area contributed by atoms with Crippen LogP contribution in [0.3, 0.4) is 0 Å². The number of hydrogen-bond acceptors (Lipinski definition) is 3. The first-order valence-corrected chi connectivity index (χ1v) is 8.29. The number of rotatable bonds is 5. The highest BCUT2D eigenvalue weighted by molar-refractivity contribution is 6.30. The Balaban J connectivity index is 0.00000192. The van der Waals surface area contributed by atoms with Gasteiger partial charge in [-0.1, -0.05) is 23.7 Å². The molecular formula is C17H24Cl2N2O2. The van der Waals surface area contributed by atoms with E-state index in [1.54, 1.807) is 7.11 Å². The van der Waals surface area contributed by atoms with Crippen LogP contribution in [0.4, 0.5) is 0 Å². The molecule has 2 fully saturated rings. The Kier molecular flexibility index (Phi) is 6.32. The van der Waals surface area contributed by atoms with Crippen LogP contribution in [-0.2, 0) is 9.53 Å². The van der Waals surface area contributed by atoms with Gasteiger partial charge in [0.25, 0.3) is 0 Å². The van der Waals surface area contributed by atoms with Crippen molar-refractivity contribution in [2.75, 3.05) is 13.7 Å². The van der Waals surface area contributed by atoms with E-state index in [0.29, 0.717) is 23.4 Å². The topological polar surface area (TPSA) is 64.3 Å². The number of halogens is 2. The van der Waals surface area contributed by atoms with Gasteiger partial charge >= 0.3 is 0 Å². The number of fused-ring (bicyclic) bond motifs is 2. The lowest BCUT2D eigenvalue weighted by Gasteiger charge is -2.27. The van der Waals surface area contributed by atoms with Crippen molar-refractivity contribution < 1.29 is 9.53 Å². The summed E-state index contributed by atoms with van der Waals surface area (Å²) in [6.45, 7) is 0.441. The Labute approximate surface area is 148 Å². The summed E-state index contributed by atoms with van der Waals surface area (Å²) in [6, 6.07) is 7.55. The van der Waals surface area contributed by atoms with Gasteiger partial charge in [0.2, 0.25) is 5.91 Å². The maximum Gasteiger partial charge on any atom is 0.225 e. The lowest BCUT2D eigenvalue weighted by molar-refractivity contribution is -0.127. The fraction of sp³-hybridized carbons (Fsp3) is 0.588. The quantitative estimate of drug-likeness (QED) is 0.850. The van der Waals surface area contributed by atoms with Gasteiger partial charge in [-0.25, -0.2) is 0 Å². The summed E-state index contributed by atoms with van der Waals surface area (Å²) in [5.41, 5.74) is 7.19. The van der Waals surface area contributed by atoms with Gasteiger partial charge in [0.05, 0.1) is 12.0 Å². The van der Waals surface area contributed by atoms with E-state index in [1.807, 2.05) is 24.3 Å². The molecule has 6 heteroatoms. The minimum Gasteiger partial charge on any atom is -0.375 e. The first kappa shape index (κ1) is 18.5. The minimum absolute atomic E-state index is 0. The molecule has 2 aliphatic carbocycles. The SMILES string of the molecule is COC(CNC(=O)C1C2CCC(C2)C1N)c1cccc(Cl)c1.Cl. The Morgan fingerprint density at radius 2 is 2.17 bits per heavy atom. The monoisotopic (exact) mass is 358 g/mol. The Hall–Kier alpha value is -0.810. The van der Waals surface area contributed by atoms with Crippen molar-refractivity contribution in [3.63, 3.8) is 0 Å². The molecule has 0 aliphatic heterocycles. The van der Waals surface area contributed by atoms with Crippen LogP contribution in [0.25, 0.3) is 0 Å². The predicted molar refractivity (Wildman–Crippen MR) is 93.8 cm³/mol. The zero-order chi connectivity index (χ0) is 15.7. The maximum absolute atomic E-state index is 12.5. The van der Waals surface area contributed by atoms with Crippen LogP contribution in [0.2, 0.25) is 5.02 Å². The number of methoxy groups -OCH3 is 1. The highest BCUT2D eigenvalue weighted by Gasteiger charge is 2.49. The van der Waals surface area contributed by atoms with Crippen molar-refractivity contribution in [1.82, 2.24) is 5.32 Å². The van der Waals surface area contributed by atoms with Crippen LogP contribution in [0, 0.1) is 17.8 Å². The summed E-state index contributed by atoms with van der Waals surface area (Å²) in [5, 5.41) is 3.69. The van der Waals surface area contributed by atoms with E-state index in [1.165, 1.54) is 6.42 Å². The number of amides is 1. The average molecular weight is 359 g/mol. The third-order valence-electron chi connectivity index (χ3n) is 5.25. The first-order valence-electron chi connectivity index (χ1n) is 7.91. The maximum atomic E-state index is 12.5. The summed E-state index contributed by atoms with van der Waals surface area (Å²) in [6.07, 6.45) is 3.23. The molecule has 2 bridgehead atoms. The van der Waals surface area contributed by atoms with Crippen molar-refractivity contribution in [1.29, 1.82) is 0 Å². The van der Waals surface area contributed by atoms with E-state index in [-0.39, 0.29) is 36.4 Å².